The number of benzene rings is 1. The number of amides is 1. The maximum absolute atomic E-state index is 14.5. The highest BCUT2D eigenvalue weighted by Gasteiger charge is 2.46. The van der Waals surface area contributed by atoms with E-state index in [1.807, 2.05) is 0 Å². The summed E-state index contributed by atoms with van der Waals surface area (Å²) in [6.07, 6.45) is -2.18. The Balaban J connectivity index is 1.69. The molecule has 1 saturated heterocycles. The number of ether oxygens (including phenoxy) is 1. The Hall–Kier alpha value is -2.63. The van der Waals surface area contributed by atoms with Gasteiger partial charge in [-0.15, -0.1) is 0 Å². The topological polar surface area (TPSA) is 102 Å². The van der Waals surface area contributed by atoms with Crippen LogP contribution in [0.5, 0.6) is 0 Å². The van der Waals surface area contributed by atoms with Crippen LogP contribution in [0.1, 0.15) is 90.4 Å². The van der Waals surface area contributed by atoms with Gasteiger partial charge < -0.3 is 14.7 Å². The molecule has 1 aromatic heterocycles. The molecule has 0 spiro atoms. The van der Waals surface area contributed by atoms with Gasteiger partial charge in [-0.05, 0) is 77.0 Å². The van der Waals surface area contributed by atoms with E-state index in [-0.39, 0.29) is 47.8 Å². The lowest BCUT2D eigenvalue weighted by atomic mass is 9.74. The molecule has 0 radical (unpaired) electrons. The maximum atomic E-state index is 14.5. The molecule has 4 rings (SSSR count). The molecule has 1 N–H and O–H groups in total. The van der Waals surface area contributed by atoms with Crippen molar-refractivity contribution in [2.75, 3.05) is 19.7 Å². The molecule has 13 heteroatoms. The summed E-state index contributed by atoms with van der Waals surface area (Å²) in [7, 11) is 0. The van der Waals surface area contributed by atoms with Crippen LogP contribution in [-0.4, -0.2) is 62.7 Å². The van der Waals surface area contributed by atoms with Crippen molar-refractivity contribution in [3.63, 3.8) is 0 Å². The van der Waals surface area contributed by atoms with Gasteiger partial charge in [0, 0.05) is 6.61 Å². The third-order valence-electron chi connectivity index (χ3n) is 8.13. The molecule has 0 bridgehead atoms. The van der Waals surface area contributed by atoms with Gasteiger partial charge in [0.1, 0.15) is 0 Å². The zero-order chi connectivity index (χ0) is 30.3. The lowest BCUT2D eigenvalue weighted by Crippen LogP contribution is -2.46. The minimum Gasteiger partial charge on any atom is -0.481 e. The largest absolute Gasteiger partial charge is 0.481 e. The number of carbonyl (C=O) groups is 3. The van der Waals surface area contributed by atoms with Crippen LogP contribution in [0.3, 0.4) is 0 Å². The summed E-state index contributed by atoms with van der Waals surface area (Å²) in [4.78, 5) is 39.9. The average Bonchev–Trinajstić information content (AvgIpc) is 3.50. The number of ketones is 1. The van der Waals surface area contributed by atoms with Crippen LogP contribution >= 0.6 is 23.2 Å². The number of hydrogen-bond acceptors (Lipinski definition) is 5. The van der Waals surface area contributed by atoms with Crippen molar-refractivity contribution in [2.24, 2.45) is 5.41 Å². The van der Waals surface area contributed by atoms with Gasteiger partial charge in [0.2, 0.25) is 0 Å². The Labute approximate surface area is 245 Å². The second kappa shape index (κ2) is 11.6. The second-order valence-electron chi connectivity index (χ2n) is 11.5. The third-order valence-corrected chi connectivity index (χ3v) is 8.72. The molecule has 2 aliphatic rings. The van der Waals surface area contributed by atoms with Crippen molar-refractivity contribution in [1.29, 1.82) is 0 Å². The fourth-order valence-electron chi connectivity index (χ4n) is 5.73. The van der Waals surface area contributed by atoms with Crippen LogP contribution in [0.2, 0.25) is 10.0 Å². The first-order valence-electron chi connectivity index (χ1n) is 13.3. The Bertz CT molecular complexity index is 1320. The monoisotopic (exact) mass is 617 g/mol. The Morgan fingerprint density at radius 2 is 1.76 bits per heavy atom. The van der Waals surface area contributed by atoms with Gasteiger partial charge in [-0.2, -0.15) is 18.3 Å². The number of carbonyl (C=O) groups excluding carboxylic acids is 2. The smallest absolute Gasteiger partial charge is 0.433 e. The lowest BCUT2D eigenvalue weighted by molar-refractivity contribution is -0.152. The number of aromatic nitrogens is 2. The summed E-state index contributed by atoms with van der Waals surface area (Å²) < 4.78 is 50.1. The van der Waals surface area contributed by atoms with Crippen LogP contribution in [-0.2, 0) is 15.7 Å². The standard InChI is InChI=1S/C28H32Cl2F3N3O5/c1-16-11-19(29)22(20(30)12-16)21(37)14-35(15-27(3)7-4-10-41-27)24(38)18-13-34-36(23(18)28(31,32)33)17-5-8-26(2,9-6-17)25(39)40/h11-13,17H,4-10,14-15H2,1-3H3,(H,39,40)/t17?,26?,27-/m1/s1. The van der Waals surface area contributed by atoms with Crippen molar-refractivity contribution in [3.05, 3.63) is 50.8 Å². The zero-order valence-electron chi connectivity index (χ0n) is 23.0. The van der Waals surface area contributed by atoms with Crippen LogP contribution in [0.15, 0.2) is 18.3 Å². The quantitative estimate of drug-likeness (QED) is 0.334. The molecule has 2 aromatic rings. The van der Waals surface area contributed by atoms with Gasteiger partial charge in [-0.1, -0.05) is 23.2 Å². The number of carboxylic acid groups (broad SMARTS) is 1. The molecular weight excluding hydrogens is 586 g/mol. The number of alkyl halides is 3. The van der Waals surface area contributed by atoms with Gasteiger partial charge in [-0.25, -0.2) is 0 Å². The lowest BCUT2D eigenvalue weighted by Gasteiger charge is -2.35. The Morgan fingerprint density at radius 3 is 2.27 bits per heavy atom. The first-order chi connectivity index (χ1) is 19.0. The molecule has 2 fully saturated rings. The van der Waals surface area contributed by atoms with Crippen molar-refractivity contribution < 1.29 is 37.4 Å². The fraction of sp³-hybridized carbons (Fsp3) is 0.571. The van der Waals surface area contributed by atoms with Crippen molar-refractivity contribution in [1.82, 2.24) is 14.7 Å². The summed E-state index contributed by atoms with van der Waals surface area (Å²) in [6.45, 7) is 4.76. The van der Waals surface area contributed by atoms with Crippen LogP contribution in [0.25, 0.3) is 0 Å². The van der Waals surface area contributed by atoms with Crippen molar-refractivity contribution in [2.45, 2.75) is 77.1 Å². The highest BCUT2D eigenvalue weighted by molar-refractivity contribution is 6.40. The predicted molar refractivity (Wildman–Crippen MR) is 146 cm³/mol. The van der Waals surface area contributed by atoms with E-state index in [9.17, 15) is 32.7 Å². The Morgan fingerprint density at radius 1 is 1.15 bits per heavy atom. The van der Waals surface area contributed by atoms with E-state index < -0.39 is 58.7 Å². The molecule has 1 atom stereocenters. The highest BCUT2D eigenvalue weighted by Crippen LogP contribution is 2.43. The highest BCUT2D eigenvalue weighted by atomic mass is 35.5. The minimum absolute atomic E-state index is 0.0235. The molecule has 0 unspecified atom stereocenters. The van der Waals surface area contributed by atoms with Crippen LogP contribution in [0.4, 0.5) is 13.2 Å². The van der Waals surface area contributed by atoms with E-state index in [1.165, 1.54) is 0 Å². The first-order valence-corrected chi connectivity index (χ1v) is 14.1. The molecule has 2 heterocycles. The summed E-state index contributed by atoms with van der Waals surface area (Å²) in [5.41, 5.74) is -3.13. The minimum atomic E-state index is -4.94. The molecule has 1 aliphatic heterocycles. The predicted octanol–water partition coefficient (Wildman–Crippen LogP) is 6.62. The molecule has 8 nitrogen and oxygen atoms in total. The molecule has 1 saturated carbocycles. The zero-order valence-corrected chi connectivity index (χ0v) is 24.5. The molecule has 41 heavy (non-hydrogen) atoms. The van der Waals surface area contributed by atoms with Crippen molar-refractivity contribution >= 4 is 40.9 Å². The summed E-state index contributed by atoms with van der Waals surface area (Å²) in [5.74, 6) is -2.66. The molecule has 1 aliphatic carbocycles. The second-order valence-corrected chi connectivity index (χ2v) is 12.4. The van der Waals surface area contributed by atoms with E-state index in [2.05, 4.69) is 5.10 Å². The molecular formula is C28H32Cl2F3N3O5. The number of aryl methyl sites for hydroxylation is 1. The van der Waals surface area contributed by atoms with Crippen molar-refractivity contribution in [3.8, 4) is 0 Å². The summed E-state index contributed by atoms with van der Waals surface area (Å²) in [6, 6.07) is 2.34. The number of aliphatic carboxylic acids is 1. The van der Waals surface area contributed by atoms with Crippen LogP contribution in [0, 0.1) is 12.3 Å². The maximum Gasteiger partial charge on any atom is 0.433 e. The average molecular weight is 618 g/mol. The van der Waals surface area contributed by atoms with E-state index >= 15 is 0 Å². The van der Waals surface area contributed by atoms with Gasteiger partial charge in [0.25, 0.3) is 5.91 Å². The number of rotatable bonds is 8. The van der Waals surface area contributed by atoms with Gasteiger partial charge in [-0.3, -0.25) is 19.1 Å². The first kappa shape index (κ1) is 31.3. The van der Waals surface area contributed by atoms with Gasteiger partial charge >= 0.3 is 12.1 Å². The number of Topliss-reactive ketones (excluding diaryl/α,β-unsaturated/α-hetero) is 1. The van der Waals surface area contributed by atoms with Gasteiger partial charge in [0.05, 0.1) is 57.5 Å². The SMILES string of the molecule is Cc1cc(Cl)c(C(=O)CN(C[C@@]2(C)CCCO2)C(=O)c2cnn(C3CCC(C)(C(=O)O)CC3)c2C(F)(F)F)c(Cl)c1. The Kier molecular flexibility index (Phi) is 8.83. The van der Waals surface area contributed by atoms with E-state index in [4.69, 9.17) is 27.9 Å². The number of halogens is 5. The number of nitrogens with zero attached hydrogens (tertiary/aromatic N) is 3. The summed E-state index contributed by atoms with van der Waals surface area (Å²) in [5, 5.41) is 13.6. The third kappa shape index (κ3) is 6.57. The molecule has 224 valence electrons. The van der Waals surface area contributed by atoms with Crippen LogP contribution < -0.4 is 0 Å². The van der Waals surface area contributed by atoms with Gasteiger partial charge in [0.15, 0.2) is 11.5 Å². The van der Waals surface area contributed by atoms with E-state index in [0.29, 0.717) is 25.0 Å². The fourth-order valence-corrected chi connectivity index (χ4v) is 6.54. The molecule has 1 amide bonds. The van der Waals surface area contributed by atoms with E-state index in [1.54, 1.807) is 32.9 Å². The number of carboxylic acids is 1. The number of hydrogen-bond donors (Lipinski definition) is 1. The molecule has 1 aromatic carbocycles. The summed E-state index contributed by atoms with van der Waals surface area (Å²) >= 11 is 12.6. The normalized spacial score (nSPS) is 24.8. The van der Waals surface area contributed by atoms with E-state index in [0.717, 1.165) is 15.8 Å².